The summed E-state index contributed by atoms with van der Waals surface area (Å²) in [4.78, 5) is 73.3. The molecule has 0 aliphatic carbocycles. The monoisotopic (exact) mass is 877 g/mol. The van der Waals surface area contributed by atoms with E-state index in [1.54, 1.807) is 37.3 Å². The zero-order chi connectivity index (χ0) is 41.8. The fraction of sp³-hybridized carbons (Fsp3) is 0.455. The molecule has 5 aromatic rings. The van der Waals surface area contributed by atoms with E-state index >= 15 is 4.39 Å². The first-order valence-corrected chi connectivity index (χ1v) is 22.2. The summed E-state index contributed by atoms with van der Waals surface area (Å²) in [5.41, 5.74) is -0.388. The molecule has 8 rings (SSSR count). The number of hydrogen-bond donors (Lipinski definition) is 5. The Morgan fingerprint density at radius 1 is 1.00 bits per heavy atom. The second kappa shape index (κ2) is 16.1. The molecule has 3 aliphatic rings. The number of amides is 2. The van der Waals surface area contributed by atoms with E-state index in [1.807, 2.05) is 13.8 Å². The van der Waals surface area contributed by atoms with Crippen LogP contribution in [0.15, 0.2) is 54.1 Å². The molecule has 2 unspecified atom stereocenters. The van der Waals surface area contributed by atoms with Gasteiger partial charge in [0.15, 0.2) is 46.8 Å². The number of alkyl halides is 1. The smallest absolute Gasteiger partial charge is 0.336 e. The number of imidazole rings is 2. The van der Waals surface area contributed by atoms with Crippen LogP contribution in [0.25, 0.3) is 22.3 Å². The van der Waals surface area contributed by atoms with Gasteiger partial charge in [-0.05, 0) is 29.9 Å². The molecule has 0 spiro atoms. The molecular formula is C33H37FN11O11PS2. The molecule has 9 atom stereocenters. The van der Waals surface area contributed by atoms with Crippen molar-refractivity contribution in [2.45, 2.75) is 70.2 Å². The molecule has 314 valence electrons. The Morgan fingerprint density at radius 2 is 1.73 bits per heavy atom. The zero-order valence-electron chi connectivity index (χ0n) is 31.2. The van der Waals surface area contributed by atoms with Gasteiger partial charge in [0, 0.05) is 24.4 Å². The molecule has 22 nitrogen and oxygen atoms in total. The molecule has 2 bridgehead atoms. The number of carbonyl (C=O) groups excluding carboxylic acids is 2. The maximum absolute atomic E-state index is 16.5. The lowest BCUT2D eigenvalue weighted by molar-refractivity contribution is -0.120. The van der Waals surface area contributed by atoms with Crippen LogP contribution in [0.1, 0.15) is 50.0 Å². The van der Waals surface area contributed by atoms with Gasteiger partial charge in [0.25, 0.3) is 11.5 Å². The summed E-state index contributed by atoms with van der Waals surface area (Å²) in [7, 11) is -4.68. The lowest BCUT2D eigenvalue weighted by atomic mass is 9.97. The molecule has 1 aromatic carbocycles. The molecule has 3 saturated heterocycles. The van der Waals surface area contributed by atoms with Crippen LogP contribution < -0.4 is 20.9 Å². The number of hydrogen-bond acceptors (Lipinski definition) is 16. The van der Waals surface area contributed by atoms with Crippen molar-refractivity contribution in [1.82, 2.24) is 43.8 Å². The van der Waals surface area contributed by atoms with Gasteiger partial charge in [0.05, 0.1) is 25.4 Å². The Labute approximate surface area is 338 Å². The highest BCUT2D eigenvalue weighted by molar-refractivity contribution is 8.07. The van der Waals surface area contributed by atoms with E-state index in [9.17, 15) is 27.7 Å². The molecule has 4 aromatic heterocycles. The number of nitrogens with one attached hydrogen (secondary N) is 4. The highest BCUT2D eigenvalue weighted by Crippen LogP contribution is 2.50. The van der Waals surface area contributed by atoms with E-state index in [4.69, 9.17) is 34.5 Å². The van der Waals surface area contributed by atoms with Gasteiger partial charge >= 0.3 is 17.0 Å². The van der Waals surface area contributed by atoms with Crippen LogP contribution in [0.4, 0.5) is 16.2 Å². The summed E-state index contributed by atoms with van der Waals surface area (Å²) in [5, 5.41) is 5.25. The first kappa shape index (κ1) is 41.1. The molecule has 59 heavy (non-hydrogen) atoms. The zero-order valence-corrected chi connectivity index (χ0v) is 33.8. The van der Waals surface area contributed by atoms with Gasteiger partial charge in [0.1, 0.15) is 24.6 Å². The second-order valence-electron chi connectivity index (χ2n) is 14.3. The highest BCUT2D eigenvalue weighted by atomic mass is 32.5. The van der Waals surface area contributed by atoms with Crippen molar-refractivity contribution in [3.63, 3.8) is 0 Å². The summed E-state index contributed by atoms with van der Waals surface area (Å²) in [6.07, 6.45) is -6.92. The third-order valence-electron chi connectivity index (χ3n) is 10.1. The van der Waals surface area contributed by atoms with Crippen LogP contribution in [-0.2, 0) is 49.6 Å². The fourth-order valence-electron chi connectivity index (χ4n) is 6.71. The normalized spacial score (nSPS) is 29.0. The summed E-state index contributed by atoms with van der Waals surface area (Å²) < 4.78 is 77.2. The van der Waals surface area contributed by atoms with Crippen molar-refractivity contribution in [2.75, 3.05) is 23.8 Å². The summed E-state index contributed by atoms with van der Waals surface area (Å²) in [6.45, 7) is 0.0702. The van der Waals surface area contributed by atoms with E-state index in [0.717, 1.165) is 6.33 Å². The summed E-state index contributed by atoms with van der Waals surface area (Å²) in [5.74, 6) is -1.44. The first-order chi connectivity index (χ1) is 28.1. The fourth-order valence-corrected chi connectivity index (χ4v) is 9.10. The van der Waals surface area contributed by atoms with Crippen LogP contribution in [0.3, 0.4) is 0 Å². The molecule has 5 N–H and O–H groups in total. The summed E-state index contributed by atoms with van der Waals surface area (Å²) >= 11 is 5.27. The van der Waals surface area contributed by atoms with Gasteiger partial charge in [-0.3, -0.25) is 38.3 Å². The highest BCUT2D eigenvalue weighted by Gasteiger charge is 2.51. The maximum Gasteiger partial charge on any atom is 0.336 e. The van der Waals surface area contributed by atoms with E-state index in [0.29, 0.717) is 5.56 Å². The number of H-pyrrole nitrogens is 1. The maximum atomic E-state index is 16.5. The minimum atomic E-state index is -4.68. The number of rotatable bonds is 7. The SMILES string of the molecule is CC(C)C(C)C(=O)Nc1nc2c(ncn2[C@@H]2O[C@@H]3COP(O)(=S)O[C@H]4[C@@H](F)[C@H](n5cnc6c(NC(=O)c7ccccc7)ncnc65)O[C@@H]4CNS(=O)(=O)O[C@@H]2C3)c(=O)[nH]1. The average Bonchev–Trinajstić information content (AvgIpc) is 3.98. The van der Waals surface area contributed by atoms with Crippen molar-refractivity contribution in [2.24, 2.45) is 11.8 Å². The molecule has 2 amide bonds. The largest absolute Gasteiger partial charge is 0.349 e. The van der Waals surface area contributed by atoms with Crippen LogP contribution in [0.2, 0.25) is 0 Å². The van der Waals surface area contributed by atoms with E-state index < -0.39 is 96.5 Å². The van der Waals surface area contributed by atoms with Crippen molar-refractivity contribution < 1.29 is 50.0 Å². The first-order valence-electron chi connectivity index (χ1n) is 18.2. The second-order valence-corrected chi connectivity index (χ2v) is 18.5. The quantitative estimate of drug-likeness (QED) is 0.146. The number of nitrogens with zero attached hydrogens (tertiary/aromatic N) is 7. The number of ether oxygens (including phenoxy) is 2. The van der Waals surface area contributed by atoms with Gasteiger partial charge < -0.3 is 24.2 Å². The molecule has 0 radical (unpaired) electrons. The van der Waals surface area contributed by atoms with Crippen molar-refractivity contribution >= 4 is 74.7 Å². The number of benzene rings is 1. The molecule has 3 aliphatic heterocycles. The van der Waals surface area contributed by atoms with Gasteiger partial charge in [-0.25, -0.2) is 28.5 Å². The Hall–Kier alpha value is -4.69. The Bertz CT molecular complexity index is 2630. The van der Waals surface area contributed by atoms with E-state index in [-0.39, 0.29) is 46.4 Å². The van der Waals surface area contributed by atoms with Crippen LogP contribution in [-0.4, -0.2) is 108 Å². The third-order valence-corrected chi connectivity index (χ3v) is 12.6. The molecule has 3 fully saturated rings. The molecule has 7 heterocycles. The van der Waals surface area contributed by atoms with Crippen molar-refractivity contribution in [3.8, 4) is 0 Å². The minimum Gasteiger partial charge on any atom is -0.349 e. The Balaban J connectivity index is 1.04. The standard InChI is InChI=1S/C33H37FN11O11PS2/c1-15(2)16(3)28(46)42-33-41-27-23(30(48)43-33)38-14-45(27)31-19-9-18(53-31)11-52-57(49,58)55-24-20(10-39-59(50,51)56-19)54-32(21(24)34)44-13-37-22-25(35-12-36-26(22)44)40-29(47)17-7-5-4-6-8-17/h4-8,12-16,18-21,24,31-32,39H,9-11H2,1-3H3,(H,49,58)(H,35,36,40,47)(H2,41,42,43,46,48)/t16?,18-,19+,20+,21+,24+,31+,32+,57?/m0/s1. The third kappa shape index (κ3) is 8.39. The van der Waals surface area contributed by atoms with Crippen LogP contribution >= 0.6 is 6.72 Å². The topological polar surface area (TPSA) is 278 Å². The number of halogens is 1. The van der Waals surface area contributed by atoms with Gasteiger partial charge in [0.2, 0.25) is 11.9 Å². The predicted molar refractivity (Wildman–Crippen MR) is 207 cm³/mol. The Kier molecular flexibility index (Phi) is 11.2. The van der Waals surface area contributed by atoms with E-state index in [2.05, 4.69) is 45.3 Å². The van der Waals surface area contributed by atoms with Crippen LogP contribution in [0, 0.1) is 11.8 Å². The van der Waals surface area contributed by atoms with Crippen molar-refractivity contribution in [1.29, 1.82) is 0 Å². The number of fused-ring (bicyclic) bond motifs is 5. The molecule has 26 heteroatoms. The average molecular weight is 878 g/mol. The molecule has 0 saturated carbocycles. The number of aromatic amines is 1. The number of aromatic nitrogens is 8. The van der Waals surface area contributed by atoms with E-state index in [1.165, 1.54) is 21.8 Å². The predicted octanol–water partition coefficient (Wildman–Crippen LogP) is 1.82. The Morgan fingerprint density at radius 3 is 2.47 bits per heavy atom. The van der Waals surface area contributed by atoms with Gasteiger partial charge in [-0.2, -0.15) is 18.1 Å². The van der Waals surface area contributed by atoms with Gasteiger partial charge in [-0.15, -0.1) is 0 Å². The molecular weight excluding hydrogens is 841 g/mol. The minimum absolute atomic E-state index is 0.00893. The number of carbonyl (C=O) groups is 2. The van der Waals surface area contributed by atoms with Crippen LogP contribution in [0.5, 0.6) is 0 Å². The lowest BCUT2D eigenvalue weighted by Gasteiger charge is -2.26. The number of anilines is 2. The summed E-state index contributed by atoms with van der Waals surface area (Å²) in [6, 6.07) is 8.35. The lowest BCUT2D eigenvalue weighted by Crippen LogP contribution is -2.42. The van der Waals surface area contributed by atoms with Gasteiger partial charge in [-0.1, -0.05) is 39.0 Å². The van der Waals surface area contributed by atoms with Crippen molar-refractivity contribution in [3.05, 3.63) is 65.2 Å².